The molecule has 6 aliphatic rings. The molecule has 0 spiro atoms. The third-order valence-electron chi connectivity index (χ3n) is 17.3. The molecular formula is C44H70N2O7. The number of esters is 1. The number of fused-ring (bicyclic) bond motifs is 7. The highest BCUT2D eigenvalue weighted by molar-refractivity contribution is 5.79. The molecule has 0 aromatic rings. The van der Waals surface area contributed by atoms with Crippen molar-refractivity contribution in [3.8, 4) is 0 Å². The van der Waals surface area contributed by atoms with Crippen molar-refractivity contribution in [2.24, 2.45) is 62.1 Å². The van der Waals surface area contributed by atoms with Gasteiger partial charge >= 0.3 is 11.9 Å². The summed E-state index contributed by atoms with van der Waals surface area (Å²) in [6.07, 6.45) is 12.1. The number of likely N-dealkylation sites (tertiary alicyclic amines) is 1. The predicted molar refractivity (Wildman–Crippen MR) is 204 cm³/mol. The zero-order valence-electron chi connectivity index (χ0n) is 34.2. The van der Waals surface area contributed by atoms with Crippen LogP contribution in [0.4, 0.5) is 0 Å². The van der Waals surface area contributed by atoms with E-state index in [1.165, 1.54) is 18.4 Å². The lowest BCUT2D eigenvalue weighted by molar-refractivity contribution is -0.250. The Morgan fingerprint density at radius 3 is 2.25 bits per heavy atom. The molecule has 1 heterocycles. The first kappa shape index (κ1) is 40.2. The van der Waals surface area contributed by atoms with Gasteiger partial charge in [0.25, 0.3) is 0 Å². The maximum Gasteiger partial charge on any atom is 0.306 e. The topological polar surface area (TPSA) is 133 Å². The molecular weight excluding hydrogens is 668 g/mol. The minimum Gasteiger partial charge on any atom is -0.481 e. The number of allylic oxidation sites excluding steroid dienone is 1. The molecule has 1 unspecified atom stereocenters. The molecule has 2 amide bonds. The van der Waals surface area contributed by atoms with E-state index in [-0.39, 0.29) is 69.8 Å². The highest BCUT2D eigenvalue weighted by atomic mass is 16.5. The van der Waals surface area contributed by atoms with E-state index in [0.29, 0.717) is 49.1 Å². The summed E-state index contributed by atoms with van der Waals surface area (Å²) in [6, 6.07) is -0.0944. The Morgan fingerprint density at radius 1 is 0.868 bits per heavy atom. The number of carbonyl (C=O) groups is 4. The number of amides is 2. The lowest BCUT2D eigenvalue weighted by Gasteiger charge is -2.73. The van der Waals surface area contributed by atoms with Gasteiger partial charge in [-0.3, -0.25) is 19.2 Å². The maximum absolute atomic E-state index is 14.1. The molecule has 5 saturated carbocycles. The molecule has 11 atom stereocenters. The van der Waals surface area contributed by atoms with Crippen LogP contribution >= 0.6 is 0 Å². The fraction of sp³-hybridized carbons (Fsp3) is 0.864. The zero-order valence-corrected chi connectivity index (χ0v) is 34.2. The number of aliphatic hydroxyl groups is 1. The van der Waals surface area contributed by atoms with E-state index in [1.54, 1.807) is 0 Å². The van der Waals surface area contributed by atoms with Gasteiger partial charge in [0.05, 0.1) is 12.8 Å². The summed E-state index contributed by atoms with van der Waals surface area (Å²) >= 11 is 0. The monoisotopic (exact) mass is 739 g/mol. The van der Waals surface area contributed by atoms with Crippen molar-refractivity contribution < 1.29 is 34.1 Å². The van der Waals surface area contributed by atoms with Crippen LogP contribution in [0, 0.1) is 62.1 Å². The summed E-state index contributed by atoms with van der Waals surface area (Å²) in [4.78, 5) is 52.6. The summed E-state index contributed by atoms with van der Waals surface area (Å²) in [7, 11) is 0. The lowest BCUT2D eigenvalue weighted by Crippen LogP contribution is -2.67. The Balaban J connectivity index is 1.21. The summed E-state index contributed by atoms with van der Waals surface area (Å²) < 4.78 is 6.27. The van der Waals surface area contributed by atoms with Crippen LogP contribution in [-0.4, -0.2) is 70.7 Å². The maximum atomic E-state index is 14.1. The molecule has 0 bridgehead atoms. The van der Waals surface area contributed by atoms with E-state index in [1.807, 2.05) is 18.7 Å². The van der Waals surface area contributed by atoms with Crippen LogP contribution in [0.25, 0.3) is 0 Å². The molecule has 5 aliphatic carbocycles. The Morgan fingerprint density at radius 2 is 1.58 bits per heavy atom. The predicted octanol–water partition coefficient (Wildman–Crippen LogP) is 7.55. The van der Waals surface area contributed by atoms with Crippen LogP contribution in [0.2, 0.25) is 0 Å². The average Bonchev–Trinajstić information content (AvgIpc) is 3.67. The van der Waals surface area contributed by atoms with Gasteiger partial charge in [-0.05, 0) is 134 Å². The van der Waals surface area contributed by atoms with Gasteiger partial charge in [-0.2, -0.15) is 0 Å². The third-order valence-corrected chi connectivity index (χ3v) is 17.3. The number of aliphatic hydroxyl groups excluding tert-OH is 1. The van der Waals surface area contributed by atoms with Gasteiger partial charge < -0.3 is 25.2 Å². The Kier molecular flexibility index (Phi) is 10.6. The molecule has 9 nitrogen and oxygen atoms in total. The van der Waals surface area contributed by atoms with Gasteiger partial charge in [-0.1, -0.05) is 60.6 Å². The fourth-order valence-corrected chi connectivity index (χ4v) is 14.6. The van der Waals surface area contributed by atoms with Gasteiger partial charge in [0.2, 0.25) is 11.8 Å². The van der Waals surface area contributed by atoms with Gasteiger partial charge in [0.1, 0.15) is 12.7 Å². The first-order chi connectivity index (χ1) is 24.6. The number of carboxylic acid groups (broad SMARTS) is 1. The minimum absolute atomic E-state index is 0.0232. The fourth-order valence-electron chi connectivity index (χ4n) is 14.6. The van der Waals surface area contributed by atoms with E-state index in [2.05, 4.69) is 53.4 Å². The number of hydrogen-bond donors (Lipinski definition) is 3. The quantitative estimate of drug-likeness (QED) is 0.156. The molecule has 9 heteroatoms. The van der Waals surface area contributed by atoms with E-state index in [9.17, 15) is 29.4 Å². The van der Waals surface area contributed by atoms with Crippen LogP contribution < -0.4 is 5.32 Å². The smallest absolute Gasteiger partial charge is 0.306 e. The summed E-state index contributed by atoms with van der Waals surface area (Å²) in [5, 5.41) is 21.4. The Bertz CT molecular complexity index is 1490. The summed E-state index contributed by atoms with van der Waals surface area (Å²) in [5.41, 5.74) is 0.841. The highest BCUT2D eigenvalue weighted by Crippen LogP contribution is 2.78. The van der Waals surface area contributed by atoms with Crippen LogP contribution in [0.5, 0.6) is 0 Å². The standard InChI is InChI=1S/C44H70N2O7/c1-27(2)29-12-18-44(22-35(49)46-21-15-28(25-46)45-34(48)26-47)20-19-42(8)30(38(29)44)10-11-32-41(7)16-14-33(40(5,6)31(41)13-17-43(32,42)9)53-37(52)24-39(3,4)23-36(50)51/h28-33,38,47H,1,10-26H2,2-9H3,(H,45,48)(H,50,51)/t28-,29-,30+,31?,32+,33-,38+,41-,42+,43+,44+/m0/s1. The highest BCUT2D eigenvalue weighted by Gasteiger charge is 2.71. The molecule has 298 valence electrons. The van der Waals surface area contributed by atoms with Crippen LogP contribution in [-0.2, 0) is 23.9 Å². The van der Waals surface area contributed by atoms with E-state index in [0.717, 1.165) is 57.8 Å². The van der Waals surface area contributed by atoms with Gasteiger partial charge in [-0.25, -0.2) is 0 Å². The molecule has 0 aromatic carbocycles. The molecule has 1 aliphatic heterocycles. The van der Waals surface area contributed by atoms with Gasteiger partial charge in [0.15, 0.2) is 0 Å². The van der Waals surface area contributed by atoms with Crippen molar-refractivity contribution in [3.05, 3.63) is 12.2 Å². The number of ether oxygens (including phenoxy) is 1. The molecule has 0 radical (unpaired) electrons. The first-order valence-corrected chi connectivity index (χ1v) is 20.9. The number of nitrogens with zero attached hydrogens (tertiary/aromatic N) is 1. The second-order valence-corrected chi connectivity index (χ2v) is 21.0. The summed E-state index contributed by atoms with van der Waals surface area (Å²) in [6.45, 7) is 23.5. The third kappa shape index (κ3) is 6.79. The van der Waals surface area contributed by atoms with E-state index in [4.69, 9.17) is 4.74 Å². The van der Waals surface area contributed by atoms with Crippen molar-refractivity contribution in [3.63, 3.8) is 0 Å². The van der Waals surface area contributed by atoms with Crippen molar-refractivity contribution in [1.82, 2.24) is 10.2 Å². The van der Waals surface area contributed by atoms with Gasteiger partial charge in [0, 0.05) is 31.0 Å². The number of aliphatic carboxylic acids is 1. The van der Waals surface area contributed by atoms with Gasteiger partial charge in [-0.15, -0.1) is 0 Å². The first-order valence-electron chi connectivity index (χ1n) is 20.9. The van der Waals surface area contributed by atoms with Crippen LogP contribution in [0.1, 0.15) is 145 Å². The van der Waals surface area contributed by atoms with Crippen LogP contribution in [0.15, 0.2) is 12.2 Å². The van der Waals surface area contributed by atoms with Crippen molar-refractivity contribution >= 4 is 23.8 Å². The molecule has 1 saturated heterocycles. The molecule has 6 rings (SSSR count). The van der Waals surface area contributed by atoms with Crippen molar-refractivity contribution in [2.75, 3.05) is 19.7 Å². The van der Waals surface area contributed by atoms with Crippen LogP contribution in [0.3, 0.4) is 0 Å². The largest absolute Gasteiger partial charge is 0.481 e. The second-order valence-electron chi connectivity index (χ2n) is 21.0. The molecule has 6 fully saturated rings. The zero-order chi connectivity index (χ0) is 38.9. The SMILES string of the molecule is C=C(C)[C@@H]1CC[C@]2(CC(=O)N3CC[C@H](NC(=O)CO)C3)CC[C@]3(C)[C@H](CC[C@@H]4[C@@]5(C)CC[C@H](OC(=O)CC(C)(C)CC(=O)O)C(C)(C)C5CC[C@]43C)[C@@H]12. The van der Waals surface area contributed by atoms with E-state index >= 15 is 0 Å². The molecule has 0 aromatic heterocycles. The molecule has 3 N–H and O–H groups in total. The second kappa shape index (κ2) is 14.0. The normalized spacial score (nSPS) is 41.7. The van der Waals surface area contributed by atoms with Crippen molar-refractivity contribution in [2.45, 2.75) is 157 Å². The number of nitrogens with one attached hydrogen (secondary N) is 1. The number of rotatable bonds is 10. The Hall–Kier alpha value is -2.42. The van der Waals surface area contributed by atoms with Crippen molar-refractivity contribution in [1.29, 1.82) is 0 Å². The average molecular weight is 739 g/mol. The lowest BCUT2D eigenvalue weighted by atomic mass is 9.32. The number of carbonyl (C=O) groups excluding carboxylic acids is 3. The summed E-state index contributed by atoms with van der Waals surface area (Å²) in [5.74, 6) is 1.06. The number of carboxylic acids is 1. The van der Waals surface area contributed by atoms with E-state index < -0.39 is 18.0 Å². The minimum atomic E-state index is -0.895. The Labute approximate surface area is 318 Å². The molecule has 53 heavy (non-hydrogen) atoms. The number of hydrogen-bond acceptors (Lipinski definition) is 6.